The minimum atomic E-state index is -0.548. The molecule has 0 atom stereocenters. The molecule has 9 aromatic carbocycles. The number of hydrogen-bond donors (Lipinski definition) is 0. The SMILES string of the molecule is c1ccc(-n2c(-c3ccc(-c4cccc(-c5nc6ccccc6c6cc7c(cc56)Oc5ccccc5C75c6ccccc6-c6ccccc65)c4)cc3)nc3ccccc32)cc1. The highest BCUT2D eigenvalue weighted by Crippen LogP contribution is 2.62. The van der Waals surface area contributed by atoms with Crippen molar-refractivity contribution >= 4 is 32.7 Å². The van der Waals surface area contributed by atoms with Gasteiger partial charge in [-0.05, 0) is 93.4 Å². The van der Waals surface area contributed by atoms with Crippen LogP contribution in [-0.2, 0) is 5.41 Å². The molecule has 1 aliphatic carbocycles. The van der Waals surface area contributed by atoms with Crippen LogP contribution >= 0.6 is 0 Å². The van der Waals surface area contributed by atoms with Crippen molar-refractivity contribution in [1.29, 1.82) is 0 Å². The third-order valence-electron chi connectivity index (χ3n) is 12.9. The second-order valence-corrected chi connectivity index (χ2v) is 16.1. The van der Waals surface area contributed by atoms with Crippen LogP contribution in [0.1, 0.15) is 22.3 Å². The van der Waals surface area contributed by atoms with Gasteiger partial charge < -0.3 is 4.74 Å². The van der Waals surface area contributed by atoms with Crippen molar-refractivity contribution in [2.75, 3.05) is 0 Å². The number of imidazole rings is 1. The lowest BCUT2D eigenvalue weighted by Gasteiger charge is -2.39. The number of para-hydroxylation sites is 5. The van der Waals surface area contributed by atoms with E-state index in [9.17, 15) is 0 Å². The Bertz CT molecular complexity index is 3520. The van der Waals surface area contributed by atoms with Crippen LogP contribution in [0.5, 0.6) is 11.5 Å². The highest BCUT2D eigenvalue weighted by Gasteiger charge is 2.51. The van der Waals surface area contributed by atoms with E-state index in [4.69, 9.17) is 14.7 Å². The van der Waals surface area contributed by atoms with Crippen LogP contribution in [0.15, 0.2) is 212 Å². The van der Waals surface area contributed by atoms with Gasteiger partial charge in [0, 0.05) is 38.7 Å². The van der Waals surface area contributed by atoms with Crippen molar-refractivity contribution in [1.82, 2.24) is 14.5 Å². The number of benzene rings is 9. The topological polar surface area (TPSA) is 39.9 Å². The van der Waals surface area contributed by atoms with Crippen LogP contribution in [0, 0.1) is 0 Å². The fraction of sp³-hybridized carbons (Fsp3) is 0.0175. The molecular formula is C57H35N3O. The number of ether oxygens (including phenoxy) is 1. The molecule has 11 aromatic rings. The second kappa shape index (κ2) is 13.0. The van der Waals surface area contributed by atoms with Gasteiger partial charge in [0.05, 0.1) is 27.7 Å². The van der Waals surface area contributed by atoms with E-state index in [0.29, 0.717) is 0 Å². The molecule has 0 N–H and O–H groups in total. The molecule has 4 nitrogen and oxygen atoms in total. The predicted octanol–water partition coefficient (Wildman–Crippen LogP) is 14.2. The van der Waals surface area contributed by atoms with E-state index in [-0.39, 0.29) is 0 Å². The average molecular weight is 778 g/mol. The molecule has 2 aliphatic rings. The summed E-state index contributed by atoms with van der Waals surface area (Å²) in [5, 5.41) is 3.32. The fourth-order valence-corrected chi connectivity index (χ4v) is 10.2. The first-order valence-electron chi connectivity index (χ1n) is 20.8. The maximum atomic E-state index is 6.97. The molecule has 1 spiro atoms. The van der Waals surface area contributed by atoms with Crippen molar-refractivity contribution in [3.05, 3.63) is 235 Å². The van der Waals surface area contributed by atoms with E-state index in [1.807, 2.05) is 12.1 Å². The van der Waals surface area contributed by atoms with Crippen LogP contribution in [-0.4, -0.2) is 14.5 Å². The monoisotopic (exact) mass is 777 g/mol. The molecule has 61 heavy (non-hydrogen) atoms. The second-order valence-electron chi connectivity index (χ2n) is 16.1. The number of fused-ring (bicyclic) bond motifs is 13. The molecule has 4 heteroatoms. The van der Waals surface area contributed by atoms with E-state index in [1.165, 1.54) is 22.3 Å². The molecule has 2 aromatic heterocycles. The Morgan fingerprint density at radius 1 is 0.377 bits per heavy atom. The summed E-state index contributed by atoms with van der Waals surface area (Å²) in [6.45, 7) is 0. The van der Waals surface area contributed by atoms with Gasteiger partial charge in [0.2, 0.25) is 0 Å². The van der Waals surface area contributed by atoms with Crippen molar-refractivity contribution < 1.29 is 4.74 Å². The Morgan fingerprint density at radius 3 is 1.82 bits per heavy atom. The van der Waals surface area contributed by atoms with Gasteiger partial charge in [-0.1, -0.05) is 158 Å². The summed E-state index contributed by atoms with van der Waals surface area (Å²) < 4.78 is 9.21. The molecule has 0 bridgehead atoms. The summed E-state index contributed by atoms with van der Waals surface area (Å²) in [5.74, 6) is 2.64. The van der Waals surface area contributed by atoms with Crippen molar-refractivity contribution in [3.8, 4) is 62.1 Å². The van der Waals surface area contributed by atoms with Gasteiger partial charge in [0.1, 0.15) is 17.3 Å². The van der Waals surface area contributed by atoms with Crippen LogP contribution in [0.2, 0.25) is 0 Å². The lowest BCUT2D eigenvalue weighted by Crippen LogP contribution is -2.32. The summed E-state index contributed by atoms with van der Waals surface area (Å²) in [6.07, 6.45) is 0. The largest absolute Gasteiger partial charge is 0.457 e. The number of rotatable bonds is 4. The maximum Gasteiger partial charge on any atom is 0.145 e. The van der Waals surface area contributed by atoms with Crippen LogP contribution < -0.4 is 4.74 Å². The molecular weight excluding hydrogens is 743 g/mol. The summed E-state index contributed by atoms with van der Waals surface area (Å²) in [5.41, 5.74) is 16.2. The summed E-state index contributed by atoms with van der Waals surface area (Å²) in [4.78, 5) is 10.5. The van der Waals surface area contributed by atoms with E-state index in [1.54, 1.807) is 0 Å². The highest BCUT2D eigenvalue weighted by molar-refractivity contribution is 6.12. The zero-order valence-electron chi connectivity index (χ0n) is 33.0. The van der Waals surface area contributed by atoms with Gasteiger partial charge in [0.25, 0.3) is 0 Å². The highest BCUT2D eigenvalue weighted by atomic mass is 16.5. The minimum absolute atomic E-state index is 0.548. The van der Waals surface area contributed by atoms with Gasteiger partial charge in [-0.3, -0.25) is 4.57 Å². The van der Waals surface area contributed by atoms with Crippen molar-refractivity contribution in [2.45, 2.75) is 5.41 Å². The van der Waals surface area contributed by atoms with Crippen LogP contribution in [0.4, 0.5) is 0 Å². The van der Waals surface area contributed by atoms with Crippen molar-refractivity contribution in [2.24, 2.45) is 0 Å². The Hall–Kier alpha value is -8.08. The lowest BCUT2D eigenvalue weighted by molar-refractivity contribution is 0.437. The number of nitrogens with zero attached hydrogens (tertiary/aromatic N) is 3. The molecule has 0 amide bonds. The predicted molar refractivity (Wildman–Crippen MR) is 248 cm³/mol. The van der Waals surface area contributed by atoms with Crippen LogP contribution in [0.3, 0.4) is 0 Å². The third kappa shape index (κ3) is 4.87. The molecule has 0 saturated heterocycles. The molecule has 284 valence electrons. The summed E-state index contributed by atoms with van der Waals surface area (Å²) >= 11 is 0. The first-order valence-corrected chi connectivity index (χ1v) is 20.8. The van der Waals surface area contributed by atoms with Gasteiger partial charge in [-0.25, -0.2) is 9.97 Å². The summed E-state index contributed by atoms with van der Waals surface area (Å²) in [6, 6.07) is 75.9. The summed E-state index contributed by atoms with van der Waals surface area (Å²) in [7, 11) is 0. The van der Waals surface area contributed by atoms with E-state index < -0.39 is 5.41 Å². The number of pyridine rings is 1. The first-order chi connectivity index (χ1) is 30.2. The Labute approximate surface area is 352 Å². The minimum Gasteiger partial charge on any atom is -0.457 e. The smallest absolute Gasteiger partial charge is 0.145 e. The van der Waals surface area contributed by atoms with Crippen LogP contribution in [0.25, 0.3) is 83.3 Å². The Balaban J connectivity index is 0.979. The normalized spacial score (nSPS) is 13.2. The first kappa shape index (κ1) is 33.8. The fourth-order valence-electron chi connectivity index (χ4n) is 10.2. The Kier molecular flexibility index (Phi) is 7.19. The molecule has 0 fully saturated rings. The standard InChI is InChI=1S/C57H35N3O/c1-2-17-40(18-3-1)60-52-27-12-11-26-51(52)59-56(60)37-31-29-36(30-32-37)38-15-14-16-39(33-38)55-45-35-54-49(34-44(45)43-21-6-10-25-50(43)58-55)57(48-24-9-13-28-53(48)61-54)46-22-7-4-19-41(46)42-20-5-8-23-47(42)57/h1-35H. The lowest BCUT2D eigenvalue weighted by atomic mass is 9.65. The van der Waals surface area contributed by atoms with E-state index >= 15 is 0 Å². The van der Waals surface area contributed by atoms with Gasteiger partial charge in [0.15, 0.2) is 0 Å². The molecule has 0 unspecified atom stereocenters. The van der Waals surface area contributed by atoms with Gasteiger partial charge >= 0.3 is 0 Å². The zero-order valence-corrected chi connectivity index (χ0v) is 33.0. The van der Waals surface area contributed by atoms with E-state index in [2.05, 4.69) is 205 Å². The number of hydrogen-bond acceptors (Lipinski definition) is 3. The average Bonchev–Trinajstić information content (AvgIpc) is 3.86. The zero-order chi connectivity index (χ0) is 40.1. The molecule has 13 rings (SSSR count). The molecule has 0 saturated carbocycles. The molecule has 1 aliphatic heterocycles. The molecule has 3 heterocycles. The number of aromatic nitrogens is 3. The van der Waals surface area contributed by atoms with Gasteiger partial charge in [-0.2, -0.15) is 0 Å². The van der Waals surface area contributed by atoms with Gasteiger partial charge in [-0.15, -0.1) is 0 Å². The molecule has 0 radical (unpaired) electrons. The third-order valence-corrected chi connectivity index (χ3v) is 12.9. The van der Waals surface area contributed by atoms with Crippen molar-refractivity contribution in [3.63, 3.8) is 0 Å². The van der Waals surface area contributed by atoms with E-state index in [0.717, 1.165) is 94.8 Å². The maximum absolute atomic E-state index is 6.97. The quantitative estimate of drug-likeness (QED) is 0.167. The Morgan fingerprint density at radius 2 is 1.02 bits per heavy atom.